The van der Waals surface area contributed by atoms with Crippen LogP contribution in [0.3, 0.4) is 0 Å². The minimum absolute atomic E-state index is 0.0390. The fourth-order valence-corrected chi connectivity index (χ4v) is 1.95. The molecule has 0 aliphatic rings. The van der Waals surface area contributed by atoms with E-state index >= 15 is 0 Å². The minimum atomic E-state index is -0.0390. The molecule has 0 bridgehead atoms. The molecule has 0 atom stereocenters. The topological polar surface area (TPSA) is 38.0 Å². The zero-order valence-corrected chi connectivity index (χ0v) is 9.90. The van der Waals surface area contributed by atoms with Crippen molar-refractivity contribution in [2.75, 3.05) is 0 Å². The third-order valence-electron chi connectivity index (χ3n) is 2.19. The zero-order valence-electron chi connectivity index (χ0n) is 8.31. The lowest BCUT2D eigenvalue weighted by atomic mass is 10.1. The van der Waals surface area contributed by atoms with Gasteiger partial charge in [-0.1, -0.05) is 28.1 Å². The van der Waals surface area contributed by atoms with Gasteiger partial charge in [0.15, 0.2) is 0 Å². The van der Waals surface area contributed by atoms with Gasteiger partial charge >= 0.3 is 0 Å². The summed E-state index contributed by atoms with van der Waals surface area (Å²) < 4.78 is 2.73. The number of rotatable bonds is 2. The van der Waals surface area contributed by atoms with Crippen molar-refractivity contribution >= 4 is 15.9 Å². The second-order valence-corrected chi connectivity index (χ2v) is 4.25. The van der Waals surface area contributed by atoms with Crippen LogP contribution in [0, 0.1) is 0 Å². The molecule has 4 heteroatoms. The standard InChI is InChI=1S/C11H11BrN2O/c1-14-6-10(11(7-15)13-14)8-3-2-4-9(12)5-8/h2-6,15H,7H2,1H3. The van der Waals surface area contributed by atoms with Gasteiger partial charge in [-0.2, -0.15) is 5.10 Å². The van der Waals surface area contributed by atoms with Crippen molar-refractivity contribution in [2.45, 2.75) is 6.61 Å². The molecule has 1 heterocycles. The van der Waals surface area contributed by atoms with Crippen molar-refractivity contribution in [3.63, 3.8) is 0 Å². The predicted octanol–water partition coefficient (Wildman–Crippen LogP) is 2.34. The average molecular weight is 267 g/mol. The van der Waals surface area contributed by atoms with Gasteiger partial charge < -0.3 is 5.11 Å². The average Bonchev–Trinajstić information content (AvgIpc) is 2.59. The molecule has 1 N–H and O–H groups in total. The highest BCUT2D eigenvalue weighted by Crippen LogP contribution is 2.25. The van der Waals surface area contributed by atoms with Crippen LogP contribution in [0.15, 0.2) is 34.9 Å². The number of aliphatic hydroxyl groups excluding tert-OH is 1. The second kappa shape index (κ2) is 4.16. The maximum absolute atomic E-state index is 9.17. The second-order valence-electron chi connectivity index (χ2n) is 3.33. The molecule has 0 fully saturated rings. The highest BCUT2D eigenvalue weighted by molar-refractivity contribution is 9.10. The number of hydrogen-bond donors (Lipinski definition) is 1. The highest BCUT2D eigenvalue weighted by Gasteiger charge is 2.08. The van der Waals surface area contributed by atoms with Gasteiger partial charge in [-0.15, -0.1) is 0 Å². The van der Waals surface area contributed by atoms with Crippen LogP contribution in [0.1, 0.15) is 5.69 Å². The SMILES string of the molecule is Cn1cc(-c2cccc(Br)c2)c(CO)n1. The van der Waals surface area contributed by atoms with Crippen LogP contribution in [0.5, 0.6) is 0 Å². The summed E-state index contributed by atoms with van der Waals surface area (Å²) in [7, 11) is 1.85. The molecule has 0 saturated carbocycles. The molecular weight excluding hydrogens is 256 g/mol. The van der Waals surface area contributed by atoms with Gasteiger partial charge in [0.2, 0.25) is 0 Å². The maximum atomic E-state index is 9.17. The molecule has 0 spiro atoms. The Bertz CT molecular complexity index is 479. The molecule has 0 amide bonds. The molecule has 0 saturated heterocycles. The minimum Gasteiger partial charge on any atom is -0.390 e. The third-order valence-corrected chi connectivity index (χ3v) is 2.68. The molecule has 78 valence electrons. The molecule has 3 nitrogen and oxygen atoms in total. The van der Waals surface area contributed by atoms with E-state index in [4.69, 9.17) is 0 Å². The van der Waals surface area contributed by atoms with Crippen molar-refractivity contribution in [1.29, 1.82) is 0 Å². The van der Waals surface area contributed by atoms with Crippen molar-refractivity contribution in [3.8, 4) is 11.1 Å². The van der Waals surface area contributed by atoms with Gasteiger partial charge in [-0.25, -0.2) is 0 Å². The van der Waals surface area contributed by atoms with E-state index in [0.717, 1.165) is 15.6 Å². The normalized spacial score (nSPS) is 10.6. The summed E-state index contributed by atoms with van der Waals surface area (Å²) in [6.07, 6.45) is 1.91. The van der Waals surface area contributed by atoms with E-state index in [2.05, 4.69) is 21.0 Å². The van der Waals surface area contributed by atoms with Crippen molar-refractivity contribution in [1.82, 2.24) is 9.78 Å². The van der Waals surface area contributed by atoms with Gasteiger partial charge in [0, 0.05) is 23.3 Å². The maximum Gasteiger partial charge on any atom is 0.0957 e. The van der Waals surface area contributed by atoms with Crippen LogP contribution in [-0.2, 0) is 13.7 Å². The predicted molar refractivity (Wildman–Crippen MR) is 62.3 cm³/mol. The highest BCUT2D eigenvalue weighted by atomic mass is 79.9. The first-order chi connectivity index (χ1) is 7.20. The Morgan fingerprint density at radius 2 is 2.27 bits per heavy atom. The monoisotopic (exact) mass is 266 g/mol. The van der Waals surface area contributed by atoms with Crippen LogP contribution in [-0.4, -0.2) is 14.9 Å². The van der Waals surface area contributed by atoms with E-state index in [-0.39, 0.29) is 6.61 Å². The van der Waals surface area contributed by atoms with Gasteiger partial charge in [-0.05, 0) is 17.7 Å². The van der Waals surface area contributed by atoms with E-state index in [0.29, 0.717) is 5.69 Å². The zero-order chi connectivity index (χ0) is 10.8. The summed E-state index contributed by atoms with van der Waals surface area (Å²) in [5, 5.41) is 13.4. The molecule has 0 aliphatic heterocycles. The largest absolute Gasteiger partial charge is 0.390 e. The van der Waals surface area contributed by atoms with Crippen molar-refractivity contribution < 1.29 is 5.11 Å². The lowest BCUT2D eigenvalue weighted by Crippen LogP contribution is -1.90. The smallest absolute Gasteiger partial charge is 0.0957 e. The number of nitrogens with zero attached hydrogens (tertiary/aromatic N) is 2. The molecule has 0 radical (unpaired) electrons. The number of benzene rings is 1. The summed E-state index contributed by atoms with van der Waals surface area (Å²) in [6.45, 7) is -0.0390. The fraction of sp³-hybridized carbons (Fsp3) is 0.182. The van der Waals surface area contributed by atoms with Gasteiger partial charge in [0.05, 0.1) is 12.3 Å². The number of halogens is 1. The number of hydrogen-bond acceptors (Lipinski definition) is 2. The molecule has 0 aliphatic carbocycles. The third kappa shape index (κ3) is 2.11. The van der Waals surface area contributed by atoms with E-state index in [9.17, 15) is 5.11 Å². The Kier molecular flexibility index (Phi) is 2.88. The summed E-state index contributed by atoms with van der Waals surface area (Å²) in [4.78, 5) is 0. The Labute approximate surface area is 96.5 Å². The van der Waals surface area contributed by atoms with Crippen LogP contribution in [0.25, 0.3) is 11.1 Å². The first-order valence-corrected chi connectivity index (χ1v) is 5.39. The Morgan fingerprint density at radius 3 is 2.93 bits per heavy atom. The van der Waals surface area contributed by atoms with Crippen LogP contribution < -0.4 is 0 Å². The lowest BCUT2D eigenvalue weighted by Gasteiger charge is -2.00. The van der Waals surface area contributed by atoms with E-state index in [1.165, 1.54) is 0 Å². The molecule has 15 heavy (non-hydrogen) atoms. The molecule has 1 aromatic carbocycles. The molecular formula is C11H11BrN2O. The van der Waals surface area contributed by atoms with Crippen molar-refractivity contribution in [3.05, 3.63) is 40.6 Å². The number of aromatic nitrogens is 2. The van der Waals surface area contributed by atoms with Crippen LogP contribution in [0.2, 0.25) is 0 Å². The fourth-order valence-electron chi connectivity index (χ4n) is 1.55. The van der Waals surface area contributed by atoms with E-state index in [1.807, 2.05) is 37.5 Å². The quantitative estimate of drug-likeness (QED) is 0.906. The first-order valence-electron chi connectivity index (χ1n) is 4.60. The lowest BCUT2D eigenvalue weighted by molar-refractivity contribution is 0.276. The van der Waals surface area contributed by atoms with Gasteiger partial charge in [0.25, 0.3) is 0 Å². The van der Waals surface area contributed by atoms with Crippen LogP contribution in [0.4, 0.5) is 0 Å². The summed E-state index contributed by atoms with van der Waals surface area (Å²) in [6, 6.07) is 7.95. The Hall–Kier alpha value is -1.13. The van der Waals surface area contributed by atoms with Gasteiger partial charge in [0.1, 0.15) is 0 Å². The van der Waals surface area contributed by atoms with Crippen LogP contribution >= 0.6 is 15.9 Å². The Balaban J connectivity index is 2.53. The van der Waals surface area contributed by atoms with Gasteiger partial charge in [-0.3, -0.25) is 4.68 Å². The molecule has 1 aromatic heterocycles. The summed E-state index contributed by atoms with van der Waals surface area (Å²) in [5.41, 5.74) is 2.73. The number of aliphatic hydroxyl groups is 1. The van der Waals surface area contributed by atoms with Crippen molar-refractivity contribution in [2.24, 2.45) is 7.05 Å². The summed E-state index contributed by atoms with van der Waals surface area (Å²) in [5.74, 6) is 0. The van der Waals surface area contributed by atoms with E-state index in [1.54, 1.807) is 4.68 Å². The van der Waals surface area contributed by atoms with E-state index < -0.39 is 0 Å². The molecule has 2 rings (SSSR count). The first kappa shape index (κ1) is 10.4. The molecule has 0 unspecified atom stereocenters. The molecule has 2 aromatic rings. The number of aryl methyl sites for hydroxylation is 1. The Morgan fingerprint density at radius 1 is 1.47 bits per heavy atom. The summed E-state index contributed by atoms with van der Waals surface area (Å²) >= 11 is 3.42.